The first-order chi connectivity index (χ1) is 5.17. The lowest BCUT2D eigenvalue weighted by Crippen LogP contribution is -2.42. The van der Waals surface area contributed by atoms with Crippen molar-refractivity contribution in [1.82, 2.24) is 0 Å². The van der Waals surface area contributed by atoms with Crippen LogP contribution in [0.15, 0.2) is 0 Å². The molecule has 0 N–H and O–H groups in total. The van der Waals surface area contributed by atoms with Crippen LogP contribution >= 0.6 is 0 Å². The van der Waals surface area contributed by atoms with Crippen molar-refractivity contribution in [3.8, 4) is 0 Å². The summed E-state index contributed by atoms with van der Waals surface area (Å²) < 4.78 is 31.1. The minimum atomic E-state index is -2.47. The Bertz CT molecular complexity index is 124. The molecule has 11 heavy (non-hydrogen) atoms. The van der Waals surface area contributed by atoms with Crippen molar-refractivity contribution in [2.45, 2.75) is 37.8 Å². The molecule has 0 bridgehead atoms. The molecule has 1 heterocycles. The van der Waals surface area contributed by atoms with Gasteiger partial charge in [-0.15, -0.1) is 0 Å². The van der Waals surface area contributed by atoms with E-state index in [4.69, 9.17) is 4.43 Å². The van der Waals surface area contributed by atoms with Crippen LogP contribution in [0.3, 0.4) is 0 Å². The van der Waals surface area contributed by atoms with Crippen LogP contribution in [-0.4, -0.2) is 21.2 Å². The Morgan fingerprint density at radius 2 is 2.18 bits per heavy atom. The molecule has 1 aliphatic rings. The average Bonchev–Trinajstić information content (AvgIpc) is 2.06. The molecule has 0 amide bonds. The third kappa shape index (κ3) is 2.23. The lowest BCUT2D eigenvalue weighted by atomic mass is 10.4. The lowest BCUT2D eigenvalue weighted by molar-refractivity contribution is 0.0523. The number of hydrogen-bond donors (Lipinski definition) is 0. The minimum absolute atomic E-state index is 0.0517. The van der Waals surface area contributed by atoms with E-state index in [1.165, 1.54) is 6.92 Å². The summed E-state index contributed by atoms with van der Waals surface area (Å²) in [5.74, 6) is 0. The lowest BCUT2D eigenvalue weighted by Gasteiger charge is -2.27. The second kappa shape index (κ2) is 3.63. The zero-order chi connectivity index (χ0) is 8.32. The smallest absolute Gasteiger partial charge is 0.255 e. The van der Waals surface area contributed by atoms with Gasteiger partial charge in [0.15, 0.2) is 0 Å². The average molecular weight is 180 g/mol. The Labute approximate surface area is 67.5 Å². The molecule has 1 nitrogen and oxygen atoms in total. The Balaban J connectivity index is 2.43. The number of halogens is 2. The SMILES string of the molecule is CCC(F)(F)[SiH]1CCCCO1. The Kier molecular flexibility index (Phi) is 3.01. The topological polar surface area (TPSA) is 9.23 Å². The van der Waals surface area contributed by atoms with E-state index >= 15 is 0 Å². The molecule has 1 rings (SSSR count). The zero-order valence-electron chi connectivity index (χ0n) is 6.78. The van der Waals surface area contributed by atoms with Crippen molar-refractivity contribution < 1.29 is 13.2 Å². The summed E-state index contributed by atoms with van der Waals surface area (Å²) in [4.78, 5) is 0. The Morgan fingerprint density at radius 3 is 2.64 bits per heavy atom. The van der Waals surface area contributed by atoms with Crippen LogP contribution in [0.5, 0.6) is 0 Å². The maximum atomic E-state index is 13.0. The van der Waals surface area contributed by atoms with Crippen LogP contribution in [-0.2, 0) is 4.43 Å². The zero-order valence-corrected chi connectivity index (χ0v) is 7.93. The van der Waals surface area contributed by atoms with Gasteiger partial charge in [-0.1, -0.05) is 13.3 Å². The summed E-state index contributed by atoms with van der Waals surface area (Å²) in [7, 11) is -2.17. The molecule has 1 atom stereocenters. The van der Waals surface area contributed by atoms with Gasteiger partial charge in [-0.2, -0.15) is 0 Å². The third-order valence-electron chi connectivity index (χ3n) is 2.12. The fraction of sp³-hybridized carbons (Fsp3) is 1.00. The van der Waals surface area contributed by atoms with Crippen LogP contribution in [0.2, 0.25) is 6.04 Å². The van der Waals surface area contributed by atoms with Crippen molar-refractivity contribution in [1.29, 1.82) is 0 Å². The van der Waals surface area contributed by atoms with Gasteiger partial charge >= 0.3 is 0 Å². The molecule has 0 aromatic heterocycles. The highest BCUT2D eigenvalue weighted by molar-refractivity contribution is 6.54. The fourth-order valence-corrected chi connectivity index (χ4v) is 3.70. The number of rotatable bonds is 2. The predicted octanol–water partition coefficient (Wildman–Crippen LogP) is 2.11. The summed E-state index contributed by atoms with van der Waals surface area (Å²) >= 11 is 0. The first kappa shape index (κ1) is 9.13. The fourth-order valence-electron chi connectivity index (χ4n) is 1.30. The van der Waals surface area contributed by atoms with Crippen molar-refractivity contribution in [3.63, 3.8) is 0 Å². The molecule has 66 valence electrons. The highest BCUT2D eigenvalue weighted by Gasteiger charge is 2.41. The molecule has 0 aliphatic carbocycles. The Morgan fingerprint density at radius 1 is 1.45 bits per heavy atom. The molecule has 1 fully saturated rings. The highest BCUT2D eigenvalue weighted by atomic mass is 28.3. The molecule has 0 aromatic carbocycles. The van der Waals surface area contributed by atoms with Gasteiger partial charge in [-0.05, 0) is 12.5 Å². The van der Waals surface area contributed by atoms with E-state index in [2.05, 4.69) is 0 Å². The first-order valence-electron chi connectivity index (χ1n) is 4.16. The highest BCUT2D eigenvalue weighted by Crippen LogP contribution is 2.28. The molecule has 1 saturated heterocycles. The second-order valence-electron chi connectivity index (χ2n) is 2.97. The molecule has 0 radical (unpaired) electrons. The van der Waals surface area contributed by atoms with E-state index < -0.39 is 14.6 Å². The molecular weight excluding hydrogens is 166 g/mol. The third-order valence-corrected chi connectivity index (χ3v) is 5.04. The molecule has 0 spiro atoms. The first-order valence-corrected chi connectivity index (χ1v) is 6.03. The van der Waals surface area contributed by atoms with Gasteiger partial charge in [-0.25, -0.2) is 8.78 Å². The standard InChI is InChI=1S/C7H14F2OSi/c1-2-7(8,9)11-6-4-3-5-10-11/h11H,2-6H2,1H3. The molecule has 1 unspecified atom stereocenters. The summed E-state index contributed by atoms with van der Waals surface area (Å²) in [6, 6.07) is 0.654. The summed E-state index contributed by atoms with van der Waals surface area (Å²) in [6.07, 6.45) is 1.85. The van der Waals surface area contributed by atoms with Gasteiger partial charge in [0.2, 0.25) is 0 Å². The molecule has 0 aromatic rings. The normalized spacial score (nSPS) is 27.0. The van der Waals surface area contributed by atoms with Gasteiger partial charge in [0.25, 0.3) is 14.6 Å². The van der Waals surface area contributed by atoms with Gasteiger partial charge in [0.05, 0.1) is 0 Å². The maximum absolute atomic E-state index is 13.0. The quantitative estimate of drug-likeness (QED) is 0.591. The molecular formula is C7H14F2OSi. The summed E-state index contributed by atoms with van der Waals surface area (Å²) in [6.45, 7) is 2.09. The van der Waals surface area contributed by atoms with Crippen molar-refractivity contribution in [2.24, 2.45) is 0 Å². The van der Waals surface area contributed by atoms with E-state index in [0.717, 1.165) is 12.8 Å². The summed E-state index contributed by atoms with van der Waals surface area (Å²) in [5, 5.41) is 0. The van der Waals surface area contributed by atoms with Gasteiger partial charge < -0.3 is 4.43 Å². The molecule has 4 heteroatoms. The van der Waals surface area contributed by atoms with Crippen LogP contribution in [0.4, 0.5) is 8.78 Å². The summed E-state index contributed by atoms with van der Waals surface area (Å²) in [5.41, 5.74) is -2.47. The predicted molar refractivity (Wildman–Crippen MR) is 42.4 cm³/mol. The number of hydrogen-bond acceptors (Lipinski definition) is 1. The van der Waals surface area contributed by atoms with Gasteiger partial charge in [0.1, 0.15) is 0 Å². The molecule has 0 saturated carbocycles. The van der Waals surface area contributed by atoms with Crippen LogP contribution in [0.1, 0.15) is 26.2 Å². The van der Waals surface area contributed by atoms with E-state index in [-0.39, 0.29) is 6.42 Å². The van der Waals surface area contributed by atoms with Crippen LogP contribution in [0, 0.1) is 0 Å². The maximum Gasteiger partial charge on any atom is 0.255 e. The molecule has 1 aliphatic heterocycles. The van der Waals surface area contributed by atoms with Crippen molar-refractivity contribution in [3.05, 3.63) is 0 Å². The van der Waals surface area contributed by atoms with Crippen molar-refractivity contribution >= 4 is 9.04 Å². The van der Waals surface area contributed by atoms with Gasteiger partial charge in [0, 0.05) is 13.0 Å². The van der Waals surface area contributed by atoms with E-state index in [1.807, 2.05) is 0 Å². The van der Waals surface area contributed by atoms with Gasteiger partial charge in [-0.3, -0.25) is 0 Å². The second-order valence-corrected chi connectivity index (χ2v) is 5.70. The Hall–Kier alpha value is 0.0369. The van der Waals surface area contributed by atoms with Crippen LogP contribution < -0.4 is 0 Å². The van der Waals surface area contributed by atoms with Crippen LogP contribution in [0.25, 0.3) is 0 Å². The monoisotopic (exact) mass is 180 g/mol. The van der Waals surface area contributed by atoms with E-state index in [1.54, 1.807) is 0 Å². The van der Waals surface area contributed by atoms with Crippen molar-refractivity contribution in [2.75, 3.05) is 6.61 Å². The van der Waals surface area contributed by atoms with E-state index in [9.17, 15) is 8.78 Å². The van der Waals surface area contributed by atoms with E-state index in [0.29, 0.717) is 12.7 Å². The largest absolute Gasteiger partial charge is 0.413 e. The number of alkyl halides is 2. The minimum Gasteiger partial charge on any atom is -0.413 e.